The topological polar surface area (TPSA) is 75.9 Å². The molecule has 0 bridgehead atoms. The van der Waals surface area contributed by atoms with Crippen molar-refractivity contribution in [1.29, 1.82) is 0 Å². The number of benzene rings is 1. The monoisotopic (exact) mass is 414 g/mol. The zero-order valence-corrected chi connectivity index (χ0v) is 17.1. The van der Waals surface area contributed by atoms with Gasteiger partial charge in [0.1, 0.15) is 5.75 Å². The quantitative estimate of drug-likeness (QED) is 0.651. The van der Waals surface area contributed by atoms with E-state index in [4.69, 9.17) is 4.74 Å². The van der Waals surface area contributed by atoms with Gasteiger partial charge in [-0.15, -0.1) is 17.5 Å². The molecular weight excluding hydrogens is 392 g/mol. The molecule has 4 heterocycles. The summed E-state index contributed by atoms with van der Waals surface area (Å²) in [6, 6.07) is 10.3. The molecule has 3 atom stereocenters. The van der Waals surface area contributed by atoms with Gasteiger partial charge in [0.15, 0.2) is 0 Å². The van der Waals surface area contributed by atoms with Crippen LogP contribution in [-0.2, 0) is 0 Å². The number of hydrogen-bond acceptors (Lipinski definition) is 6. The normalized spacial score (nSPS) is 23.8. The second kappa shape index (κ2) is 7.61. The van der Waals surface area contributed by atoms with E-state index in [-0.39, 0.29) is 24.1 Å². The summed E-state index contributed by atoms with van der Waals surface area (Å²) in [5, 5.41) is 4.29. The summed E-state index contributed by atoms with van der Waals surface area (Å²) < 4.78 is 6.82. The molecule has 8 nitrogen and oxygen atoms in total. The molecule has 2 fully saturated rings. The predicted octanol–water partition coefficient (Wildman–Crippen LogP) is 1.93. The third kappa shape index (κ3) is 3.32. The first-order valence-electron chi connectivity index (χ1n) is 9.45. The minimum Gasteiger partial charge on any atom is -0.497 e. The van der Waals surface area contributed by atoms with Gasteiger partial charge in [-0.3, -0.25) is 9.69 Å². The number of ether oxygens (including phenoxy) is 1. The Morgan fingerprint density at radius 2 is 1.97 bits per heavy atom. The third-order valence-corrected chi connectivity index (χ3v) is 5.95. The lowest BCUT2D eigenvalue weighted by atomic mass is 9.89. The second-order valence-corrected chi connectivity index (χ2v) is 7.59. The van der Waals surface area contributed by atoms with Crippen LogP contribution < -0.4 is 4.74 Å². The molecule has 2 aromatic heterocycles. The van der Waals surface area contributed by atoms with Crippen molar-refractivity contribution in [2.24, 2.45) is 11.8 Å². The minimum atomic E-state index is -0.115. The highest BCUT2D eigenvalue weighted by atomic mass is 35.5. The maximum atomic E-state index is 13.0. The summed E-state index contributed by atoms with van der Waals surface area (Å²) in [5.41, 5.74) is 1.26. The van der Waals surface area contributed by atoms with Crippen LogP contribution in [-0.4, -0.2) is 69.1 Å². The molecule has 2 saturated heterocycles. The number of rotatable bonds is 3. The van der Waals surface area contributed by atoms with Gasteiger partial charge in [0, 0.05) is 44.0 Å². The van der Waals surface area contributed by atoms with Gasteiger partial charge >= 0.3 is 0 Å². The van der Waals surface area contributed by atoms with Gasteiger partial charge in [-0.25, -0.2) is 9.50 Å². The van der Waals surface area contributed by atoms with E-state index in [0.717, 1.165) is 18.8 Å². The Balaban J connectivity index is 0.00000205. The van der Waals surface area contributed by atoms with Crippen molar-refractivity contribution < 1.29 is 9.53 Å². The smallest absolute Gasteiger partial charge is 0.293 e. The summed E-state index contributed by atoms with van der Waals surface area (Å²) in [6.07, 6.45) is 3.40. The van der Waals surface area contributed by atoms with Crippen LogP contribution in [0.1, 0.15) is 22.2 Å². The van der Waals surface area contributed by atoms with Crippen molar-refractivity contribution in [2.75, 3.05) is 33.8 Å². The van der Waals surface area contributed by atoms with Crippen LogP contribution >= 0.6 is 12.4 Å². The first kappa shape index (κ1) is 19.6. The summed E-state index contributed by atoms with van der Waals surface area (Å²) >= 11 is 0. The lowest BCUT2D eigenvalue weighted by Crippen LogP contribution is -2.34. The number of aromatic nitrogens is 4. The van der Waals surface area contributed by atoms with E-state index in [9.17, 15) is 4.79 Å². The molecule has 5 rings (SSSR count). The molecule has 0 radical (unpaired) electrons. The SMILES string of the molecule is COc1ccc([C@@H]2[C@@H]3CN(C(=O)c4nc5ncccn5n4)C[C@@H]3CN2C)cc1.Cl. The van der Waals surface area contributed by atoms with E-state index >= 15 is 0 Å². The molecule has 152 valence electrons. The van der Waals surface area contributed by atoms with Crippen LogP contribution in [0, 0.1) is 11.8 Å². The molecule has 1 amide bonds. The number of methoxy groups -OCH3 is 1. The van der Waals surface area contributed by atoms with E-state index in [1.54, 1.807) is 25.6 Å². The van der Waals surface area contributed by atoms with E-state index in [1.807, 2.05) is 17.0 Å². The maximum Gasteiger partial charge on any atom is 0.293 e. The van der Waals surface area contributed by atoms with Crippen molar-refractivity contribution in [1.82, 2.24) is 29.4 Å². The Kier molecular flexibility index (Phi) is 5.14. The number of halogens is 1. The van der Waals surface area contributed by atoms with Crippen LogP contribution in [0.2, 0.25) is 0 Å². The van der Waals surface area contributed by atoms with E-state index in [1.165, 1.54) is 10.1 Å². The molecular formula is C20H23ClN6O2. The van der Waals surface area contributed by atoms with Crippen molar-refractivity contribution in [3.63, 3.8) is 0 Å². The first-order valence-corrected chi connectivity index (χ1v) is 9.45. The maximum absolute atomic E-state index is 13.0. The molecule has 0 N–H and O–H groups in total. The lowest BCUT2D eigenvalue weighted by Gasteiger charge is -2.26. The zero-order valence-electron chi connectivity index (χ0n) is 16.3. The molecule has 3 aromatic rings. The fourth-order valence-corrected chi connectivity index (χ4v) is 4.69. The fraction of sp³-hybridized carbons (Fsp3) is 0.400. The summed E-state index contributed by atoms with van der Waals surface area (Å²) in [5.74, 6) is 2.26. The molecule has 0 unspecified atom stereocenters. The number of hydrogen-bond donors (Lipinski definition) is 0. The van der Waals surface area contributed by atoms with Crippen LogP contribution in [0.5, 0.6) is 5.75 Å². The molecule has 0 spiro atoms. The van der Waals surface area contributed by atoms with Gasteiger partial charge < -0.3 is 9.64 Å². The number of carbonyl (C=O) groups excluding carboxylic acids is 1. The highest BCUT2D eigenvalue weighted by Crippen LogP contribution is 2.44. The largest absolute Gasteiger partial charge is 0.497 e. The number of nitrogens with zero attached hydrogens (tertiary/aromatic N) is 6. The van der Waals surface area contributed by atoms with E-state index in [2.05, 4.69) is 39.1 Å². The molecule has 2 aliphatic rings. The first-order chi connectivity index (χ1) is 13.6. The van der Waals surface area contributed by atoms with Crippen LogP contribution in [0.4, 0.5) is 0 Å². The standard InChI is InChI=1S/C20H22N6O2.ClH/c1-24-10-14-11-25(19(27)18-22-20-21-8-3-9-26(20)23-18)12-16(14)17(24)13-4-6-15(28-2)7-5-13;/h3-9,14,16-17H,10-12H2,1-2H3;1H/t14-,16+,17+;/m0./s1. The van der Waals surface area contributed by atoms with Gasteiger partial charge in [-0.1, -0.05) is 12.1 Å². The number of carbonyl (C=O) groups is 1. The summed E-state index contributed by atoms with van der Waals surface area (Å²) in [6.45, 7) is 2.43. The fourth-order valence-electron chi connectivity index (χ4n) is 4.69. The lowest BCUT2D eigenvalue weighted by molar-refractivity contribution is 0.0756. The van der Waals surface area contributed by atoms with Gasteiger partial charge in [-0.05, 0) is 36.7 Å². The molecule has 2 aliphatic heterocycles. The van der Waals surface area contributed by atoms with Crippen molar-refractivity contribution >= 4 is 24.1 Å². The highest BCUT2D eigenvalue weighted by molar-refractivity contribution is 5.91. The molecule has 29 heavy (non-hydrogen) atoms. The molecule has 0 saturated carbocycles. The van der Waals surface area contributed by atoms with Gasteiger partial charge in [-0.2, -0.15) is 4.98 Å². The predicted molar refractivity (Wildman–Crippen MR) is 109 cm³/mol. The Bertz CT molecular complexity index is 990. The van der Waals surface area contributed by atoms with Crippen molar-refractivity contribution in [2.45, 2.75) is 6.04 Å². The summed E-state index contributed by atoms with van der Waals surface area (Å²) in [7, 11) is 3.84. The van der Waals surface area contributed by atoms with Gasteiger partial charge in [0.05, 0.1) is 7.11 Å². The average Bonchev–Trinajstić information content (AvgIpc) is 3.39. The average molecular weight is 415 g/mol. The Hall–Kier alpha value is -2.71. The van der Waals surface area contributed by atoms with Crippen LogP contribution in [0.25, 0.3) is 5.78 Å². The molecule has 9 heteroatoms. The van der Waals surface area contributed by atoms with Crippen LogP contribution in [0.15, 0.2) is 42.7 Å². The number of amides is 1. The van der Waals surface area contributed by atoms with Gasteiger partial charge in [0.25, 0.3) is 11.7 Å². The van der Waals surface area contributed by atoms with Gasteiger partial charge in [0.2, 0.25) is 5.82 Å². The second-order valence-electron chi connectivity index (χ2n) is 7.59. The minimum absolute atomic E-state index is 0. The highest BCUT2D eigenvalue weighted by Gasteiger charge is 2.47. The number of likely N-dealkylation sites (tertiary alicyclic amines) is 2. The number of fused-ring (bicyclic) bond motifs is 2. The van der Waals surface area contributed by atoms with Crippen molar-refractivity contribution in [3.8, 4) is 5.75 Å². The Morgan fingerprint density at radius 1 is 1.17 bits per heavy atom. The summed E-state index contributed by atoms with van der Waals surface area (Å²) in [4.78, 5) is 25.7. The van der Waals surface area contributed by atoms with Crippen molar-refractivity contribution in [3.05, 3.63) is 54.1 Å². The zero-order chi connectivity index (χ0) is 19.3. The van der Waals surface area contributed by atoms with E-state index < -0.39 is 0 Å². The van der Waals surface area contributed by atoms with E-state index in [0.29, 0.717) is 30.2 Å². The Morgan fingerprint density at radius 3 is 2.69 bits per heavy atom. The molecule has 1 aromatic carbocycles. The van der Waals surface area contributed by atoms with Crippen LogP contribution in [0.3, 0.4) is 0 Å². The molecule has 0 aliphatic carbocycles. The Labute approximate surface area is 174 Å². The third-order valence-electron chi connectivity index (χ3n) is 5.95.